The maximum atomic E-state index is 6.45. The molecule has 0 atom stereocenters. The summed E-state index contributed by atoms with van der Waals surface area (Å²) in [6, 6.07) is 31.3. The Morgan fingerprint density at radius 1 is 0.667 bits per heavy atom. The van der Waals surface area contributed by atoms with Crippen molar-refractivity contribution in [1.82, 2.24) is 9.97 Å². The molecule has 0 fully saturated rings. The van der Waals surface area contributed by atoms with Crippen LogP contribution in [0.15, 0.2) is 91.0 Å². The third-order valence-electron chi connectivity index (χ3n) is 5.38. The van der Waals surface area contributed by atoms with Crippen molar-refractivity contribution in [1.29, 1.82) is 0 Å². The van der Waals surface area contributed by atoms with Gasteiger partial charge in [-0.05, 0) is 22.9 Å². The molecule has 0 radical (unpaired) electrons. The normalized spacial score (nSPS) is 11.5. The highest BCUT2D eigenvalue weighted by atomic mass is 35.5. The molecule has 0 N–H and O–H groups in total. The largest absolute Gasteiger partial charge is 0.228 e. The summed E-state index contributed by atoms with van der Waals surface area (Å²) in [6.07, 6.45) is 0. The van der Waals surface area contributed by atoms with E-state index < -0.39 is 0 Å². The van der Waals surface area contributed by atoms with Crippen LogP contribution in [0.2, 0.25) is 5.15 Å². The summed E-state index contributed by atoms with van der Waals surface area (Å²) >= 11 is 8.24. The lowest BCUT2D eigenvalue weighted by atomic mass is 10.1. The van der Waals surface area contributed by atoms with Crippen LogP contribution in [0.4, 0.5) is 0 Å². The van der Waals surface area contributed by atoms with Crippen LogP contribution in [0.5, 0.6) is 0 Å². The van der Waals surface area contributed by atoms with Crippen molar-refractivity contribution >= 4 is 53.9 Å². The highest BCUT2D eigenvalue weighted by Crippen LogP contribution is 2.40. The van der Waals surface area contributed by atoms with E-state index in [1.807, 2.05) is 18.2 Å². The molecule has 0 saturated heterocycles. The van der Waals surface area contributed by atoms with Crippen LogP contribution >= 0.6 is 22.9 Å². The van der Waals surface area contributed by atoms with Gasteiger partial charge in [0.05, 0.1) is 5.69 Å². The topological polar surface area (TPSA) is 25.8 Å². The molecule has 0 saturated carbocycles. The molecule has 0 spiro atoms. The minimum absolute atomic E-state index is 0.446. The fourth-order valence-corrected chi connectivity index (χ4v) is 5.37. The molecule has 0 amide bonds. The van der Waals surface area contributed by atoms with Gasteiger partial charge in [0, 0.05) is 37.4 Å². The maximum absolute atomic E-state index is 6.45. The van der Waals surface area contributed by atoms with E-state index in [-0.39, 0.29) is 0 Å². The summed E-state index contributed by atoms with van der Waals surface area (Å²) in [4.78, 5) is 9.43. The van der Waals surface area contributed by atoms with Gasteiger partial charge in [0.15, 0.2) is 5.82 Å². The summed E-state index contributed by atoms with van der Waals surface area (Å²) in [5.41, 5.74) is 2.89. The number of aromatic nitrogens is 2. The molecule has 2 aromatic heterocycles. The van der Waals surface area contributed by atoms with E-state index in [0.717, 1.165) is 22.2 Å². The van der Waals surface area contributed by atoms with Crippen molar-refractivity contribution in [3.63, 3.8) is 0 Å². The Hall–Kier alpha value is -3.27. The highest BCUT2D eigenvalue weighted by Gasteiger charge is 2.14. The number of halogens is 1. The predicted molar refractivity (Wildman–Crippen MR) is 128 cm³/mol. The molecule has 142 valence electrons. The van der Waals surface area contributed by atoms with Gasteiger partial charge in [-0.3, -0.25) is 0 Å². The standard InChI is InChI=1S/C26H15ClN2S/c27-24-15-22(21-10-5-9-20-19-8-3-4-11-23(19)30-25(20)21)28-26(29-24)18-13-12-16-6-1-2-7-17(16)14-18/h1-15H. The molecule has 0 bridgehead atoms. The van der Waals surface area contributed by atoms with Crippen LogP contribution in [0.25, 0.3) is 53.6 Å². The third kappa shape index (κ3) is 2.86. The summed E-state index contributed by atoms with van der Waals surface area (Å²) in [7, 11) is 0. The highest BCUT2D eigenvalue weighted by molar-refractivity contribution is 7.26. The van der Waals surface area contributed by atoms with Crippen LogP contribution in [0, 0.1) is 0 Å². The molecule has 0 aliphatic rings. The second kappa shape index (κ2) is 6.91. The number of nitrogens with zero attached hydrogens (tertiary/aromatic N) is 2. The molecule has 2 heterocycles. The van der Waals surface area contributed by atoms with Crippen molar-refractivity contribution in [2.45, 2.75) is 0 Å². The van der Waals surface area contributed by atoms with E-state index in [1.165, 1.54) is 25.6 Å². The Morgan fingerprint density at radius 2 is 1.47 bits per heavy atom. The van der Waals surface area contributed by atoms with Gasteiger partial charge in [-0.25, -0.2) is 9.97 Å². The molecule has 30 heavy (non-hydrogen) atoms. The molecule has 6 aromatic rings. The van der Waals surface area contributed by atoms with Gasteiger partial charge in [-0.1, -0.05) is 84.4 Å². The van der Waals surface area contributed by atoms with Gasteiger partial charge >= 0.3 is 0 Å². The fourth-order valence-electron chi connectivity index (χ4n) is 3.96. The molecule has 4 heteroatoms. The predicted octanol–water partition coefficient (Wildman–Crippen LogP) is 7.99. The van der Waals surface area contributed by atoms with Crippen molar-refractivity contribution in [2.24, 2.45) is 0 Å². The second-order valence-electron chi connectivity index (χ2n) is 7.24. The zero-order valence-corrected chi connectivity index (χ0v) is 17.4. The SMILES string of the molecule is Clc1cc(-c2cccc3c2sc2ccccc23)nc(-c2ccc3ccccc3c2)n1. The molecule has 0 aliphatic heterocycles. The van der Waals surface area contributed by atoms with Crippen molar-refractivity contribution < 1.29 is 0 Å². The maximum Gasteiger partial charge on any atom is 0.161 e. The first-order valence-electron chi connectivity index (χ1n) is 9.71. The molecular weight excluding hydrogens is 408 g/mol. The minimum atomic E-state index is 0.446. The molecule has 2 nitrogen and oxygen atoms in total. The first-order valence-corrected chi connectivity index (χ1v) is 10.9. The van der Waals surface area contributed by atoms with E-state index in [2.05, 4.69) is 77.8 Å². The van der Waals surface area contributed by atoms with Gasteiger partial charge in [0.1, 0.15) is 5.15 Å². The molecule has 0 unspecified atom stereocenters. The Morgan fingerprint density at radius 3 is 2.40 bits per heavy atom. The van der Waals surface area contributed by atoms with Gasteiger partial charge in [-0.2, -0.15) is 0 Å². The number of rotatable bonds is 2. The number of fused-ring (bicyclic) bond motifs is 4. The zero-order valence-electron chi connectivity index (χ0n) is 15.8. The number of hydrogen-bond donors (Lipinski definition) is 0. The van der Waals surface area contributed by atoms with Crippen molar-refractivity contribution in [3.8, 4) is 22.6 Å². The summed E-state index contributed by atoms with van der Waals surface area (Å²) < 4.78 is 2.49. The Kier molecular flexibility index (Phi) is 4.05. The van der Waals surface area contributed by atoms with E-state index in [4.69, 9.17) is 16.6 Å². The van der Waals surface area contributed by atoms with E-state index in [1.54, 1.807) is 11.3 Å². The average molecular weight is 423 g/mol. The van der Waals surface area contributed by atoms with Crippen LogP contribution in [0.1, 0.15) is 0 Å². The molecule has 4 aromatic carbocycles. The monoisotopic (exact) mass is 422 g/mol. The Labute approximate surface area is 182 Å². The summed E-state index contributed by atoms with van der Waals surface area (Å²) in [5, 5.41) is 5.32. The molecular formula is C26H15ClN2S. The first-order chi connectivity index (χ1) is 14.8. The van der Waals surface area contributed by atoms with Crippen molar-refractivity contribution in [3.05, 3.63) is 96.1 Å². The molecule has 0 aliphatic carbocycles. The van der Waals surface area contributed by atoms with Crippen molar-refractivity contribution in [2.75, 3.05) is 0 Å². The number of thiophene rings is 1. The van der Waals surface area contributed by atoms with Gasteiger partial charge in [0.25, 0.3) is 0 Å². The van der Waals surface area contributed by atoms with Gasteiger partial charge in [-0.15, -0.1) is 11.3 Å². The molecule has 6 rings (SSSR count). The first kappa shape index (κ1) is 17.6. The van der Waals surface area contributed by atoms with Gasteiger partial charge in [0.2, 0.25) is 0 Å². The Balaban J connectivity index is 1.56. The quantitative estimate of drug-likeness (QED) is 0.264. The third-order valence-corrected chi connectivity index (χ3v) is 6.80. The smallest absolute Gasteiger partial charge is 0.161 e. The van der Waals surface area contributed by atoms with E-state index >= 15 is 0 Å². The van der Waals surface area contributed by atoms with E-state index in [0.29, 0.717) is 11.0 Å². The lowest BCUT2D eigenvalue weighted by Crippen LogP contribution is -1.93. The van der Waals surface area contributed by atoms with Crippen LogP contribution in [0.3, 0.4) is 0 Å². The lowest BCUT2D eigenvalue weighted by molar-refractivity contribution is 1.18. The Bertz CT molecular complexity index is 1570. The second-order valence-corrected chi connectivity index (χ2v) is 8.68. The zero-order chi connectivity index (χ0) is 20.1. The lowest BCUT2D eigenvalue weighted by Gasteiger charge is -2.08. The number of hydrogen-bond acceptors (Lipinski definition) is 3. The van der Waals surface area contributed by atoms with Gasteiger partial charge < -0.3 is 0 Å². The average Bonchev–Trinajstić information content (AvgIpc) is 3.17. The fraction of sp³-hybridized carbons (Fsp3) is 0. The number of benzene rings is 4. The van der Waals surface area contributed by atoms with Crippen LogP contribution in [-0.2, 0) is 0 Å². The summed E-state index contributed by atoms with van der Waals surface area (Å²) in [6.45, 7) is 0. The van der Waals surface area contributed by atoms with Crippen LogP contribution < -0.4 is 0 Å². The van der Waals surface area contributed by atoms with Crippen LogP contribution in [-0.4, -0.2) is 9.97 Å². The van der Waals surface area contributed by atoms with E-state index in [9.17, 15) is 0 Å². The minimum Gasteiger partial charge on any atom is -0.228 e. The summed E-state index contributed by atoms with van der Waals surface area (Å²) in [5.74, 6) is 0.640.